The zero-order chi connectivity index (χ0) is 20.1. The van der Waals surface area contributed by atoms with E-state index in [0.29, 0.717) is 12.0 Å². The van der Waals surface area contributed by atoms with Crippen molar-refractivity contribution in [3.8, 4) is 5.75 Å². The Kier molecular flexibility index (Phi) is 6.68. The van der Waals surface area contributed by atoms with Gasteiger partial charge in [0.15, 0.2) is 9.84 Å². The van der Waals surface area contributed by atoms with Crippen LogP contribution in [-0.4, -0.2) is 50.7 Å². The minimum atomic E-state index is -4.78. The van der Waals surface area contributed by atoms with Gasteiger partial charge < -0.3 is 15.4 Å². The highest BCUT2D eigenvalue weighted by Crippen LogP contribution is 2.22. The van der Waals surface area contributed by atoms with Gasteiger partial charge in [-0.15, -0.1) is 13.2 Å². The molecule has 1 aliphatic rings. The molecule has 2 amide bonds. The predicted octanol–water partition coefficient (Wildman–Crippen LogP) is 0.937. The van der Waals surface area contributed by atoms with Crippen molar-refractivity contribution in [2.75, 3.05) is 18.1 Å². The lowest BCUT2D eigenvalue weighted by Crippen LogP contribution is -2.37. The molecular formula is C16H19F3N2O5S. The van der Waals surface area contributed by atoms with Crippen LogP contribution in [0.4, 0.5) is 13.2 Å². The Bertz CT molecular complexity index is 778. The Morgan fingerprint density at radius 2 is 1.81 bits per heavy atom. The molecule has 7 nitrogen and oxygen atoms in total. The molecule has 1 fully saturated rings. The summed E-state index contributed by atoms with van der Waals surface area (Å²) < 4.78 is 62.6. The van der Waals surface area contributed by atoms with Crippen LogP contribution in [0, 0.1) is 0 Å². The molecule has 27 heavy (non-hydrogen) atoms. The lowest BCUT2D eigenvalue weighted by molar-refractivity contribution is -0.274. The van der Waals surface area contributed by atoms with E-state index in [9.17, 15) is 31.2 Å². The molecule has 1 aliphatic heterocycles. The van der Waals surface area contributed by atoms with Crippen molar-refractivity contribution >= 4 is 21.7 Å². The van der Waals surface area contributed by atoms with E-state index in [1.54, 1.807) is 0 Å². The Labute approximate surface area is 154 Å². The topological polar surface area (TPSA) is 102 Å². The number of rotatable bonds is 7. The molecule has 0 aromatic heterocycles. The highest BCUT2D eigenvalue weighted by molar-refractivity contribution is 7.91. The second kappa shape index (κ2) is 8.59. The number of amides is 2. The van der Waals surface area contributed by atoms with Gasteiger partial charge in [-0.3, -0.25) is 9.59 Å². The SMILES string of the molecule is O=C(Cc1ccc(OC(F)(F)F)cc1)NCCC(=O)N[C@H]1CCS(=O)(=O)C1. The van der Waals surface area contributed by atoms with E-state index < -0.39 is 28.1 Å². The third-order valence-electron chi connectivity index (χ3n) is 3.79. The number of sulfone groups is 1. The first-order chi connectivity index (χ1) is 12.5. The number of hydrogen-bond acceptors (Lipinski definition) is 5. The second-order valence-electron chi connectivity index (χ2n) is 6.14. The molecule has 1 aromatic rings. The number of ether oxygens (including phenoxy) is 1. The minimum Gasteiger partial charge on any atom is -0.406 e. The maximum absolute atomic E-state index is 12.1. The zero-order valence-electron chi connectivity index (χ0n) is 14.2. The minimum absolute atomic E-state index is 0.000643. The fourth-order valence-electron chi connectivity index (χ4n) is 2.58. The van der Waals surface area contributed by atoms with E-state index in [0.717, 1.165) is 12.1 Å². The summed E-state index contributed by atoms with van der Waals surface area (Å²) >= 11 is 0. The normalized spacial score (nSPS) is 18.7. The van der Waals surface area contributed by atoms with E-state index >= 15 is 0 Å². The van der Waals surface area contributed by atoms with Crippen molar-refractivity contribution in [2.45, 2.75) is 31.7 Å². The third-order valence-corrected chi connectivity index (χ3v) is 5.56. The molecule has 11 heteroatoms. The van der Waals surface area contributed by atoms with Crippen LogP contribution in [0.25, 0.3) is 0 Å². The van der Waals surface area contributed by atoms with Crippen LogP contribution in [-0.2, 0) is 25.8 Å². The molecule has 2 rings (SSSR count). The lowest BCUT2D eigenvalue weighted by atomic mass is 10.1. The number of carbonyl (C=O) groups excluding carboxylic acids is 2. The Morgan fingerprint density at radius 1 is 1.15 bits per heavy atom. The Balaban J connectivity index is 1.68. The van der Waals surface area contributed by atoms with Crippen molar-refractivity contribution in [1.29, 1.82) is 0 Å². The predicted molar refractivity (Wildman–Crippen MR) is 89.7 cm³/mol. The molecule has 1 atom stereocenters. The maximum Gasteiger partial charge on any atom is 0.573 e. The van der Waals surface area contributed by atoms with Crippen molar-refractivity contribution in [1.82, 2.24) is 10.6 Å². The number of carbonyl (C=O) groups is 2. The molecular weight excluding hydrogens is 389 g/mol. The first-order valence-electron chi connectivity index (χ1n) is 8.13. The fourth-order valence-corrected chi connectivity index (χ4v) is 4.25. The largest absolute Gasteiger partial charge is 0.573 e. The molecule has 1 heterocycles. The van der Waals surface area contributed by atoms with E-state index in [1.807, 2.05) is 0 Å². The lowest BCUT2D eigenvalue weighted by Gasteiger charge is -2.11. The highest BCUT2D eigenvalue weighted by atomic mass is 32.2. The molecule has 2 N–H and O–H groups in total. The smallest absolute Gasteiger partial charge is 0.406 e. The first-order valence-corrected chi connectivity index (χ1v) is 9.96. The molecule has 1 saturated heterocycles. The summed E-state index contributed by atoms with van der Waals surface area (Å²) in [5.74, 6) is -1.14. The maximum atomic E-state index is 12.1. The van der Waals surface area contributed by atoms with Crippen molar-refractivity contribution in [2.24, 2.45) is 0 Å². The van der Waals surface area contributed by atoms with E-state index in [1.165, 1.54) is 12.1 Å². The van der Waals surface area contributed by atoms with Crippen LogP contribution in [0.5, 0.6) is 5.75 Å². The van der Waals surface area contributed by atoms with E-state index in [-0.39, 0.29) is 42.5 Å². The standard InChI is InChI=1S/C16H19F3N2O5S/c17-16(18,19)26-13-3-1-11(2-4-13)9-15(23)20-7-5-14(22)21-12-6-8-27(24,25)10-12/h1-4,12H,5-10H2,(H,20,23)(H,21,22)/t12-/m0/s1. The fraction of sp³-hybridized carbons (Fsp3) is 0.500. The molecule has 0 aliphatic carbocycles. The van der Waals surface area contributed by atoms with Crippen LogP contribution >= 0.6 is 0 Å². The zero-order valence-corrected chi connectivity index (χ0v) is 15.0. The van der Waals surface area contributed by atoms with Crippen molar-refractivity contribution in [3.63, 3.8) is 0 Å². The summed E-state index contributed by atoms with van der Waals surface area (Å²) in [4.78, 5) is 23.5. The average Bonchev–Trinajstić information content (AvgIpc) is 2.86. The molecule has 1 aromatic carbocycles. The van der Waals surface area contributed by atoms with Crippen molar-refractivity contribution < 1.29 is 35.9 Å². The van der Waals surface area contributed by atoms with Crippen LogP contribution < -0.4 is 15.4 Å². The number of halogens is 3. The van der Waals surface area contributed by atoms with Crippen LogP contribution in [0.3, 0.4) is 0 Å². The quantitative estimate of drug-likeness (QED) is 0.699. The van der Waals surface area contributed by atoms with Gasteiger partial charge in [0.25, 0.3) is 0 Å². The van der Waals surface area contributed by atoms with Gasteiger partial charge in [0.2, 0.25) is 11.8 Å². The second-order valence-corrected chi connectivity index (χ2v) is 8.36. The summed E-state index contributed by atoms with van der Waals surface area (Å²) in [5, 5.41) is 5.13. The molecule has 0 spiro atoms. The summed E-state index contributed by atoms with van der Waals surface area (Å²) in [6.45, 7) is 0.0689. The van der Waals surface area contributed by atoms with Gasteiger partial charge in [0, 0.05) is 19.0 Å². The summed E-state index contributed by atoms with van der Waals surface area (Å²) in [5.41, 5.74) is 0.489. The number of nitrogens with one attached hydrogen (secondary N) is 2. The van der Waals surface area contributed by atoms with Gasteiger partial charge in [-0.25, -0.2) is 8.42 Å². The summed E-state index contributed by atoms with van der Waals surface area (Å²) in [6.07, 6.45) is -4.45. The summed E-state index contributed by atoms with van der Waals surface area (Å²) in [6, 6.07) is 4.51. The number of alkyl halides is 3. The number of benzene rings is 1. The molecule has 0 unspecified atom stereocenters. The van der Waals surface area contributed by atoms with E-state index in [4.69, 9.17) is 0 Å². The highest BCUT2D eigenvalue weighted by Gasteiger charge is 2.31. The van der Waals surface area contributed by atoms with Gasteiger partial charge in [0.05, 0.1) is 17.9 Å². The molecule has 0 radical (unpaired) electrons. The third kappa shape index (κ3) is 7.85. The van der Waals surface area contributed by atoms with Crippen LogP contribution in [0.1, 0.15) is 18.4 Å². The van der Waals surface area contributed by atoms with Crippen LogP contribution in [0.15, 0.2) is 24.3 Å². The summed E-state index contributed by atoms with van der Waals surface area (Å²) in [7, 11) is -3.08. The molecule has 0 bridgehead atoms. The van der Waals surface area contributed by atoms with Gasteiger partial charge in [-0.2, -0.15) is 0 Å². The van der Waals surface area contributed by atoms with Crippen molar-refractivity contribution in [3.05, 3.63) is 29.8 Å². The molecule has 150 valence electrons. The van der Waals surface area contributed by atoms with E-state index in [2.05, 4.69) is 15.4 Å². The van der Waals surface area contributed by atoms with Crippen LogP contribution in [0.2, 0.25) is 0 Å². The van der Waals surface area contributed by atoms with Gasteiger partial charge >= 0.3 is 6.36 Å². The molecule has 0 saturated carbocycles. The number of hydrogen-bond donors (Lipinski definition) is 2. The Hall–Kier alpha value is -2.30. The van der Waals surface area contributed by atoms with Gasteiger partial charge in [-0.1, -0.05) is 12.1 Å². The van der Waals surface area contributed by atoms with Gasteiger partial charge in [0.1, 0.15) is 5.75 Å². The monoisotopic (exact) mass is 408 g/mol. The van der Waals surface area contributed by atoms with Gasteiger partial charge in [-0.05, 0) is 24.1 Å². The first kappa shape index (κ1) is 21.0. The Morgan fingerprint density at radius 3 is 2.37 bits per heavy atom. The average molecular weight is 408 g/mol.